The molecule has 5 atom stereocenters. The molecule has 4 heterocycles. The van der Waals surface area contributed by atoms with Gasteiger partial charge in [-0.05, 0) is 96.8 Å². The number of allylic oxidation sites excluding steroid dienone is 1. The van der Waals surface area contributed by atoms with Crippen LogP contribution < -0.4 is 20.1 Å². The predicted molar refractivity (Wildman–Crippen MR) is 203 cm³/mol. The Morgan fingerprint density at radius 2 is 1.86 bits per heavy atom. The van der Waals surface area contributed by atoms with Crippen molar-refractivity contribution in [2.75, 3.05) is 6.54 Å². The summed E-state index contributed by atoms with van der Waals surface area (Å²) in [7, 11) is -4.10. The Kier molecular flexibility index (Phi) is 10.7. The Labute approximate surface area is 333 Å². The SMILES string of the molecule is CC(C)OC(=O)NC1CCCCCC=CC2CCC2(C(=O)NS(=O)(=O)C2(C)CC2)NC(=O)C2CC3(CCc4c(c(C(F)(F)F)nc5ccc(Cl)cc45)O3)CN2C1=O. The van der Waals surface area contributed by atoms with E-state index in [4.69, 9.17) is 21.1 Å². The molecule has 5 unspecified atom stereocenters. The molecule has 18 heteroatoms. The van der Waals surface area contributed by atoms with Crippen molar-refractivity contribution in [1.29, 1.82) is 0 Å². The fourth-order valence-electron chi connectivity index (χ4n) is 8.46. The molecule has 1 saturated heterocycles. The zero-order valence-electron chi connectivity index (χ0n) is 32.0. The smallest absolute Gasteiger partial charge is 0.437 e. The van der Waals surface area contributed by atoms with Crippen LogP contribution >= 0.6 is 11.6 Å². The Bertz CT molecular complexity index is 2130. The Balaban J connectivity index is 1.28. The monoisotopic (exact) mass is 837 g/mol. The van der Waals surface area contributed by atoms with Crippen molar-refractivity contribution in [3.63, 3.8) is 0 Å². The van der Waals surface area contributed by atoms with Crippen LogP contribution in [0, 0.1) is 5.92 Å². The van der Waals surface area contributed by atoms with Crippen molar-refractivity contribution in [3.05, 3.63) is 46.6 Å². The first-order valence-electron chi connectivity index (χ1n) is 19.5. The van der Waals surface area contributed by atoms with Crippen LogP contribution in [0.15, 0.2) is 30.4 Å². The molecule has 13 nitrogen and oxygen atoms in total. The summed E-state index contributed by atoms with van der Waals surface area (Å²) in [5, 5.41) is 6.14. The van der Waals surface area contributed by atoms with Gasteiger partial charge in [0.2, 0.25) is 21.8 Å². The van der Waals surface area contributed by atoms with E-state index in [0.29, 0.717) is 50.3 Å². The molecule has 3 aliphatic heterocycles. The maximum atomic E-state index is 14.7. The third kappa shape index (κ3) is 7.89. The van der Waals surface area contributed by atoms with Crippen LogP contribution in [0.3, 0.4) is 0 Å². The molecule has 3 fully saturated rings. The van der Waals surface area contributed by atoms with E-state index in [1.54, 1.807) is 13.8 Å². The molecule has 4 amide bonds. The number of hydrogen-bond acceptors (Lipinski definition) is 9. The number of nitrogens with zero attached hydrogens (tertiary/aromatic N) is 2. The van der Waals surface area contributed by atoms with Crippen LogP contribution in [-0.2, 0) is 41.7 Å². The average Bonchev–Trinajstić information content (AvgIpc) is 3.79. The van der Waals surface area contributed by atoms with Gasteiger partial charge in [0.15, 0.2) is 11.4 Å². The van der Waals surface area contributed by atoms with Crippen molar-refractivity contribution >= 4 is 56.3 Å². The highest BCUT2D eigenvalue weighted by Gasteiger charge is 2.60. The normalized spacial score (nSPS) is 28.8. The number of rotatable bonds is 5. The van der Waals surface area contributed by atoms with Gasteiger partial charge in [0.05, 0.1) is 22.9 Å². The molecular weight excluding hydrogens is 791 g/mol. The summed E-state index contributed by atoms with van der Waals surface area (Å²) in [6, 6.07) is 1.80. The number of aryl methyl sites for hydroxylation is 1. The molecule has 0 radical (unpaired) electrons. The number of fused-ring (bicyclic) bond motifs is 5. The third-order valence-corrected chi connectivity index (χ3v) is 14.5. The number of aromatic nitrogens is 1. The van der Waals surface area contributed by atoms with Crippen molar-refractivity contribution in [1.82, 2.24) is 25.2 Å². The van der Waals surface area contributed by atoms with E-state index < -0.39 is 91.5 Å². The number of carbonyl (C=O) groups excluding carboxylic acids is 4. The Morgan fingerprint density at radius 3 is 2.53 bits per heavy atom. The van der Waals surface area contributed by atoms with Crippen LogP contribution in [-0.4, -0.2) is 82.7 Å². The van der Waals surface area contributed by atoms with Crippen LogP contribution in [0.25, 0.3) is 10.9 Å². The number of carbonyl (C=O) groups is 4. The summed E-state index contributed by atoms with van der Waals surface area (Å²) in [4.78, 5) is 61.5. The fraction of sp³-hybridized carbons (Fsp3) is 0.615. The lowest BCUT2D eigenvalue weighted by atomic mass is 9.65. The lowest BCUT2D eigenvalue weighted by Crippen LogP contribution is -2.70. The largest absolute Gasteiger partial charge is 0.483 e. The van der Waals surface area contributed by atoms with E-state index in [2.05, 4.69) is 20.3 Å². The minimum Gasteiger partial charge on any atom is -0.483 e. The van der Waals surface area contributed by atoms with Crippen LogP contribution in [0.2, 0.25) is 5.02 Å². The molecule has 2 aromatic rings. The lowest BCUT2D eigenvalue weighted by molar-refractivity contribution is -0.145. The van der Waals surface area contributed by atoms with Gasteiger partial charge >= 0.3 is 12.3 Å². The summed E-state index contributed by atoms with van der Waals surface area (Å²) < 4.78 is 83.3. The zero-order chi connectivity index (χ0) is 41.1. The maximum absolute atomic E-state index is 14.7. The summed E-state index contributed by atoms with van der Waals surface area (Å²) in [6.07, 6.45) is 1.28. The van der Waals surface area contributed by atoms with Gasteiger partial charge in [-0.1, -0.05) is 36.6 Å². The second-order valence-corrected chi connectivity index (χ2v) is 19.2. The van der Waals surface area contributed by atoms with E-state index in [9.17, 15) is 40.8 Å². The molecule has 2 aliphatic carbocycles. The molecule has 57 heavy (non-hydrogen) atoms. The van der Waals surface area contributed by atoms with Crippen molar-refractivity contribution < 1.29 is 50.2 Å². The molecule has 310 valence electrons. The number of nitrogens with one attached hydrogen (secondary N) is 3. The van der Waals surface area contributed by atoms with Crippen LogP contribution in [0.4, 0.5) is 18.0 Å². The number of amides is 4. The second-order valence-electron chi connectivity index (χ2n) is 16.6. The van der Waals surface area contributed by atoms with Gasteiger partial charge in [-0.3, -0.25) is 19.1 Å². The molecule has 1 aromatic heterocycles. The molecule has 1 aromatic carbocycles. The third-order valence-electron chi connectivity index (χ3n) is 12.1. The highest BCUT2D eigenvalue weighted by Crippen LogP contribution is 2.49. The van der Waals surface area contributed by atoms with Crippen molar-refractivity contribution in [3.8, 4) is 5.75 Å². The number of alkyl halides is 3. The Morgan fingerprint density at radius 1 is 1.11 bits per heavy atom. The van der Waals surface area contributed by atoms with Crippen LogP contribution in [0.5, 0.6) is 5.75 Å². The number of benzene rings is 1. The maximum Gasteiger partial charge on any atom is 0.437 e. The van der Waals surface area contributed by atoms with Gasteiger partial charge in [0.1, 0.15) is 23.2 Å². The number of sulfonamides is 1. The summed E-state index contributed by atoms with van der Waals surface area (Å²) in [5.74, 6) is -3.48. The first-order valence-corrected chi connectivity index (χ1v) is 21.3. The summed E-state index contributed by atoms with van der Waals surface area (Å²) in [6.45, 7) is 4.49. The van der Waals surface area contributed by atoms with Crippen molar-refractivity contribution in [2.45, 2.75) is 138 Å². The van der Waals surface area contributed by atoms with E-state index in [0.717, 1.165) is 0 Å². The Hall–Kier alpha value is -4.12. The fourth-order valence-corrected chi connectivity index (χ4v) is 9.94. The zero-order valence-corrected chi connectivity index (χ0v) is 33.5. The molecule has 3 N–H and O–H groups in total. The number of alkyl carbamates (subject to hydrolysis) is 1. The van der Waals surface area contributed by atoms with E-state index in [-0.39, 0.29) is 54.8 Å². The molecule has 1 spiro atoms. The first-order chi connectivity index (χ1) is 26.8. The number of ether oxygens (including phenoxy) is 2. The van der Waals surface area contributed by atoms with Gasteiger partial charge < -0.3 is 25.0 Å². The predicted octanol–water partition coefficient (Wildman–Crippen LogP) is 5.86. The number of halogens is 4. The quantitative estimate of drug-likeness (QED) is 0.312. The average molecular weight is 838 g/mol. The highest BCUT2D eigenvalue weighted by molar-refractivity contribution is 7.91. The van der Waals surface area contributed by atoms with Gasteiger partial charge in [-0.15, -0.1) is 0 Å². The molecule has 5 aliphatic rings. The second kappa shape index (κ2) is 14.9. The molecule has 2 saturated carbocycles. The van der Waals surface area contributed by atoms with E-state index in [1.807, 2.05) is 12.2 Å². The number of pyridine rings is 1. The van der Waals surface area contributed by atoms with Gasteiger partial charge in [0, 0.05) is 28.3 Å². The molecule has 0 bridgehead atoms. The van der Waals surface area contributed by atoms with Gasteiger partial charge in [-0.2, -0.15) is 13.2 Å². The van der Waals surface area contributed by atoms with Gasteiger partial charge in [-0.25, -0.2) is 18.2 Å². The summed E-state index contributed by atoms with van der Waals surface area (Å²) >= 11 is 6.25. The minimum atomic E-state index is -4.93. The van der Waals surface area contributed by atoms with Gasteiger partial charge in [0.25, 0.3) is 5.91 Å². The molecular formula is C39H47ClF3N5O8S. The topological polar surface area (TPSA) is 173 Å². The van der Waals surface area contributed by atoms with Crippen molar-refractivity contribution in [2.24, 2.45) is 5.92 Å². The van der Waals surface area contributed by atoms with Crippen LogP contribution in [0.1, 0.15) is 103 Å². The number of hydrogen-bond donors (Lipinski definition) is 3. The lowest BCUT2D eigenvalue weighted by Gasteiger charge is -2.48. The molecule has 7 rings (SSSR count). The van der Waals surface area contributed by atoms with E-state index in [1.165, 1.54) is 30.0 Å². The highest BCUT2D eigenvalue weighted by atomic mass is 35.5. The van der Waals surface area contributed by atoms with E-state index >= 15 is 0 Å². The summed E-state index contributed by atoms with van der Waals surface area (Å²) in [5.41, 5.74) is -4.16. The standard InChI is InChI=1S/C39H47ClF3N5O8S/c1-22(2)55-35(52)45-28-10-8-6-4-5-7-9-23-13-16-38(23,34(51)47-57(53,54)36(3)17-18-36)46-32(49)29-20-37(21-48(29)33(28)50)15-14-25-26-19-24(40)11-12-27(26)44-31(30(25)56-37)39(41,42)43/h7,9,11-12,19,22-23,28-29H,4-6,8,10,13-18,20-21H2,1-3H3,(H,45,52)(H,46,49)(H,47,51). The first kappa shape index (κ1) is 41.1. The minimum absolute atomic E-state index is 0.0619.